The average molecular weight is 437 g/mol. The number of benzene rings is 3. The van der Waals surface area contributed by atoms with Crippen molar-refractivity contribution in [2.45, 2.75) is 19.9 Å². The maximum Gasteiger partial charge on any atom is 0.135 e. The number of nitrogens with two attached hydrogens (primary N) is 1. The van der Waals surface area contributed by atoms with E-state index in [9.17, 15) is 4.39 Å². The number of hydrogen-bond acceptors (Lipinski definition) is 3. The maximum atomic E-state index is 14.0. The van der Waals surface area contributed by atoms with Gasteiger partial charge in [0.05, 0.1) is 6.54 Å². The number of amidine groups is 1. The van der Waals surface area contributed by atoms with Crippen LogP contribution in [0.1, 0.15) is 30.0 Å². The first kappa shape index (κ1) is 22.4. The summed E-state index contributed by atoms with van der Waals surface area (Å²) in [5, 5.41) is 7.20. The highest BCUT2D eigenvalue weighted by atomic mass is 35.5. The Balaban J connectivity index is 1.95. The minimum Gasteiger partial charge on any atom is -0.398 e. The molecule has 0 fully saturated rings. The van der Waals surface area contributed by atoms with Crippen molar-refractivity contribution in [3.8, 4) is 0 Å². The van der Waals surface area contributed by atoms with Crippen LogP contribution in [0.25, 0.3) is 5.70 Å². The third kappa shape index (κ3) is 5.86. The van der Waals surface area contributed by atoms with Crippen molar-refractivity contribution in [2.75, 3.05) is 17.6 Å². The molecule has 160 valence electrons. The molecular formula is C25H26ClFN4. The summed E-state index contributed by atoms with van der Waals surface area (Å²) in [5.41, 5.74) is 10.3. The molecule has 4 nitrogen and oxygen atoms in total. The van der Waals surface area contributed by atoms with Crippen LogP contribution in [0.2, 0.25) is 5.02 Å². The van der Waals surface area contributed by atoms with Crippen molar-refractivity contribution >= 4 is 34.5 Å². The van der Waals surface area contributed by atoms with Crippen molar-refractivity contribution in [1.29, 1.82) is 0 Å². The maximum absolute atomic E-state index is 14.0. The topological polar surface area (TPSA) is 62.4 Å². The Morgan fingerprint density at radius 2 is 1.81 bits per heavy atom. The summed E-state index contributed by atoms with van der Waals surface area (Å²) in [6.07, 6.45) is 0.946. The summed E-state index contributed by atoms with van der Waals surface area (Å²) < 4.78 is 14.0. The van der Waals surface area contributed by atoms with Crippen molar-refractivity contribution in [1.82, 2.24) is 5.32 Å². The molecule has 0 unspecified atom stereocenters. The van der Waals surface area contributed by atoms with Gasteiger partial charge in [0.1, 0.15) is 11.7 Å². The van der Waals surface area contributed by atoms with Gasteiger partial charge in [0.15, 0.2) is 0 Å². The lowest BCUT2D eigenvalue weighted by atomic mass is 10.1. The molecule has 0 amide bonds. The van der Waals surface area contributed by atoms with Crippen LogP contribution in [0, 0.1) is 5.82 Å². The van der Waals surface area contributed by atoms with Crippen LogP contribution in [0.15, 0.2) is 78.3 Å². The SMILES string of the molecule is C=C(NC(=NCc1ccccc1Cl)c1ccccc1N)c1cc(F)ccc1NCCC. The summed E-state index contributed by atoms with van der Waals surface area (Å²) in [6.45, 7) is 7.33. The fourth-order valence-electron chi connectivity index (χ4n) is 3.09. The van der Waals surface area contributed by atoms with Crippen molar-refractivity contribution in [3.05, 3.63) is 101 Å². The van der Waals surface area contributed by atoms with Crippen molar-refractivity contribution < 1.29 is 4.39 Å². The van der Waals surface area contributed by atoms with Gasteiger partial charge in [-0.15, -0.1) is 0 Å². The Morgan fingerprint density at radius 3 is 2.55 bits per heavy atom. The molecule has 0 spiro atoms. The van der Waals surface area contributed by atoms with Gasteiger partial charge in [-0.05, 0) is 48.4 Å². The Kier molecular flexibility index (Phi) is 7.68. The fourth-order valence-corrected chi connectivity index (χ4v) is 3.28. The van der Waals surface area contributed by atoms with Crippen molar-refractivity contribution in [3.63, 3.8) is 0 Å². The highest BCUT2D eigenvalue weighted by molar-refractivity contribution is 6.31. The van der Waals surface area contributed by atoms with Crippen LogP contribution in [-0.4, -0.2) is 12.4 Å². The Bertz CT molecular complexity index is 1090. The molecule has 0 bridgehead atoms. The van der Waals surface area contributed by atoms with E-state index >= 15 is 0 Å². The van der Waals surface area contributed by atoms with Gasteiger partial charge in [-0.2, -0.15) is 0 Å². The lowest BCUT2D eigenvalue weighted by molar-refractivity contribution is 0.627. The summed E-state index contributed by atoms with van der Waals surface area (Å²) >= 11 is 6.29. The third-order valence-electron chi connectivity index (χ3n) is 4.72. The first-order valence-electron chi connectivity index (χ1n) is 10.1. The summed E-state index contributed by atoms with van der Waals surface area (Å²) in [4.78, 5) is 4.73. The normalized spacial score (nSPS) is 11.3. The molecule has 6 heteroatoms. The van der Waals surface area contributed by atoms with Crippen LogP contribution in [0.4, 0.5) is 15.8 Å². The minimum atomic E-state index is -0.339. The number of anilines is 2. The molecule has 0 aliphatic heterocycles. The molecular weight excluding hydrogens is 411 g/mol. The molecule has 0 aliphatic carbocycles. The zero-order valence-corrected chi connectivity index (χ0v) is 18.2. The van der Waals surface area contributed by atoms with Crippen molar-refractivity contribution in [2.24, 2.45) is 4.99 Å². The smallest absolute Gasteiger partial charge is 0.135 e. The molecule has 0 saturated heterocycles. The van der Waals surface area contributed by atoms with Crippen LogP contribution in [0.5, 0.6) is 0 Å². The molecule has 0 aromatic heterocycles. The molecule has 4 N–H and O–H groups in total. The molecule has 0 saturated carbocycles. The van der Waals surface area contributed by atoms with Gasteiger partial charge in [-0.25, -0.2) is 4.39 Å². The first-order valence-corrected chi connectivity index (χ1v) is 10.5. The van der Waals surface area contributed by atoms with E-state index in [4.69, 9.17) is 22.3 Å². The zero-order valence-electron chi connectivity index (χ0n) is 17.5. The molecule has 0 heterocycles. The van der Waals surface area contributed by atoms with Crippen LogP contribution < -0.4 is 16.4 Å². The Hall–Kier alpha value is -3.31. The van der Waals surface area contributed by atoms with Gasteiger partial charge in [0.25, 0.3) is 0 Å². The number of nitrogens with one attached hydrogen (secondary N) is 2. The van der Waals surface area contributed by atoms with Gasteiger partial charge >= 0.3 is 0 Å². The van der Waals surface area contributed by atoms with E-state index < -0.39 is 0 Å². The number of nitrogens with zero attached hydrogens (tertiary/aromatic N) is 1. The summed E-state index contributed by atoms with van der Waals surface area (Å²) in [7, 11) is 0. The Morgan fingerprint density at radius 1 is 1.06 bits per heavy atom. The predicted octanol–water partition coefficient (Wildman–Crippen LogP) is 6.09. The summed E-state index contributed by atoms with van der Waals surface area (Å²) in [6, 6.07) is 19.6. The van der Waals surface area contributed by atoms with Gasteiger partial charge < -0.3 is 16.4 Å². The lowest BCUT2D eigenvalue weighted by Crippen LogP contribution is -2.24. The predicted molar refractivity (Wildman–Crippen MR) is 130 cm³/mol. The van der Waals surface area contributed by atoms with Gasteiger partial charge in [0.2, 0.25) is 0 Å². The molecule has 0 radical (unpaired) electrons. The van der Waals surface area contributed by atoms with E-state index in [0.717, 1.165) is 29.8 Å². The van der Waals surface area contributed by atoms with E-state index in [0.29, 0.717) is 34.4 Å². The number of rotatable bonds is 8. The number of halogens is 2. The average Bonchev–Trinajstić information content (AvgIpc) is 2.77. The van der Waals surface area contributed by atoms with Gasteiger partial charge in [-0.3, -0.25) is 4.99 Å². The second kappa shape index (κ2) is 10.6. The van der Waals surface area contributed by atoms with E-state index in [1.807, 2.05) is 42.5 Å². The highest BCUT2D eigenvalue weighted by Gasteiger charge is 2.13. The number of aliphatic imine (C=N–C) groups is 1. The van der Waals surface area contributed by atoms with Crippen LogP contribution >= 0.6 is 11.6 Å². The van der Waals surface area contributed by atoms with Crippen LogP contribution in [0.3, 0.4) is 0 Å². The lowest BCUT2D eigenvalue weighted by Gasteiger charge is -2.18. The number of hydrogen-bond donors (Lipinski definition) is 3. The van der Waals surface area contributed by atoms with Gasteiger partial charge in [0, 0.05) is 39.8 Å². The monoisotopic (exact) mass is 436 g/mol. The van der Waals surface area contributed by atoms with E-state index in [1.165, 1.54) is 12.1 Å². The minimum absolute atomic E-state index is 0.339. The molecule has 0 aliphatic rings. The van der Waals surface area contributed by atoms with Gasteiger partial charge in [-0.1, -0.05) is 55.4 Å². The van der Waals surface area contributed by atoms with E-state index in [2.05, 4.69) is 24.1 Å². The molecule has 31 heavy (non-hydrogen) atoms. The standard InChI is InChI=1S/C25H26ClFN4/c1-3-14-29-24-13-12-19(27)15-21(24)17(2)31-25(20-9-5-7-11-23(20)28)30-16-18-8-4-6-10-22(18)26/h4-13,15,29H,2-3,14,16,28H2,1H3,(H,30,31). The van der Waals surface area contributed by atoms with Crippen LogP contribution in [-0.2, 0) is 6.54 Å². The largest absolute Gasteiger partial charge is 0.398 e. The number of para-hydroxylation sites is 1. The molecule has 0 atom stereocenters. The number of nitrogen functional groups attached to an aromatic ring is 1. The summed E-state index contributed by atoms with van der Waals surface area (Å²) in [5.74, 6) is 0.197. The third-order valence-corrected chi connectivity index (χ3v) is 5.09. The Labute approximate surface area is 187 Å². The first-order chi connectivity index (χ1) is 15.0. The molecule has 3 aromatic carbocycles. The van der Waals surface area contributed by atoms with E-state index in [1.54, 1.807) is 12.1 Å². The quantitative estimate of drug-likeness (QED) is 0.227. The molecule has 3 aromatic rings. The highest BCUT2D eigenvalue weighted by Crippen LogP contribution is 2.24. The zero-order chi connectivity index (χ0) is 22.2. The second-order valence-corrected chi connectivity index (χ2v) is 7.47. The van der Waals surface area contributed by atoms with E-state index in [-0.39, 0.29) is 5.82 Å². The fraction of sp³-hybridized carbons (Fsp3) is 0.160. The molecule has 3 rings (SSSR count). The second-order valence-electron chi connectivity index (χ2n) is 7.06.